The van der Waals surface area contributed by atoms with E-state index in [1.165, 1.54) is 0 Å². The second-order valence-electron chi connectivity index (χ2n) is 4.27. The Morgan fingerprint density at radius 1 is 1.64 bits per heavy atom. The molecular formula is C10H20N2O2. The molecule has 1 heterocycles. The number of amides is 1. The molecule has 4 heteroatoms. The molecule has 14 heavy (non-hydrogen) atoms. The van der Waals surface area contributed by atoms with Gasteiger partial charge < -0.3 is 15.7 Å². The SMILES string of the molecule is CC(C)C(CO)N1CCCC(N)C1=O. The lowest BCUT2D eigenvalue weighted by molar-refractivity contribution is -0.139. The van der Waals surface area contributed by atoms with Crippen LogP contribution < -0.4 is 5.73 Å². The first-order valence-corrected chi connectivity index (χ1v) is 5.24. The molecule has 0 aliphatic carbocycles. The number of nitrogens with zero attached hydrogens (tertiary/aromatic N) is 1. The fraction of sp³-hybridized carbons (Fsp3) is 0.900. The number of hydrogen-bond acceptors (Lipinski definition) is 3. The van der Waals surface area contributed by atoms with Crippen molar-refractivity contribution in [2.24, 2.45) is 11.7 Å². The zero-order chi connectivity index (χ0) is 10.7. The van der Waals surface area contributed by atoms with Crippen molar-refractivity contribution in [3.05, 3.63) is 0 Å². The summed E-state index contributed by atoms with van der Waals surface area (Å²) in [7, 11) is 0. The third kappa shape index (κ3) is 2.25. The summed E-state index contributed by atoms with van der Waals surface area (Å²) in [4.78, 5) is 13.5. The zero-order valence-electron chi connectivity index (χ0n) is 8.94. The first kappa shape index (κ1) is 11.5. The summed E-state index contributed by atoms with van der Waals surface area (Å²) in [5.74, 6) is 0.262. The molecule has 82 valence electrons. The van der Waals surface area contributed by atoms with E-state index in [0.29, 0.717) is 0 Å². The molecule has 1 amide bonds. The Hall–Kier alpha value is -0.610. The Kier molecular flexibility index (Phi) is 3.89. The van der Waals surface area contributed by atoms with Gasteiger partial charge in [-0.15, -0.1) is 0 Å². The molecule has 2 unspecified atom stereocenters. The molecule has 1 saturated heterocycles. The summed E-state index contributed by atoms with van der Waals surface area (Å²) in [6, 6.07) is -0.439. The van der Waals surface area contributed by atoms with Gasteiger partial charge in [0.25, 0.3) is 0 Å². The van der Waals surface area contributed by atoms with Gasteiger partial charge in [-0.1, -0.05) is 13.8 Å². The van der Waals surface area contributed by atoms with Crippen molar-refractivity contribution in [1.82, 2.24) is 4.90 Å². The van der Waals surface area contributed by atoms with Crippen LogP contribution in [-0.2, 0) is 4.79 Å². The minimum Gasteiger partial charge on any atom is -0.394 e. The third-order valence-corrected chi connectivity index (χ3v) is 2.87. The predicted octanol–water partition coefficient (Wildman–Crippen LogP) is -0.0470. The Morgan fingerprint density at radius 2 is 2.29 bits per heavy atom. The van der Waals surface area contributed by atoms with Gasteiger partial charge in [0.05, 0.1) is 18.7 Å². The summed E-state index contributed by atoms with van der Waals surface area (Å²) in [5, 5.41) is 9.22. The Labute approximate surface area is 85.1 Å². The van der Waals surface area contributed by atoms with E-state index in [4.69, 9.17) is 5.73 Å². The summed E-state index contributed by atoms with van der Waals surface area (Å²) < 4.78 is 0. The van der Waals surface area contributed by atoms with E-state index >= 15 is 0 Å². The highest BCUT2D eigenvalue weighted by atomic mass is 16.3. The lowest BCUT2D eigenvalue weighted by atomic mass is 9.98. The molecule has 0 aromatic carbocycles. The van der Waals surface area contributed by atoms with Gasteiger partial charge in [-0.25, -0.2) is 0 Å². The fourth-order valence-corrected chi connectivity index (χ4v) is 1.93. The van der Waals surface area contributed by atoms with Gasteiger partial charge in [0.2, 0.25) is 5.91 Å². The third-order valence-electron chi connectivity index (χ3n) is 2.87. The van der Waals surface area contributed by atoms with Crippen LogP contribution in [0.2, 0.25) is 0 Å². The maximum Gasteiger partial charge on any atom is 0.239 e. The van der Waals surface area contributed by atoms with Gasteiger partial charge >= 0.3 is 0 Å². The topological polar surface area (TPSA) is 66.6 Å². The highest BCUT2D eigenvalue weighted by Gasteiger charge is 2.31. The van der Waals surface area contributed by atoms with E-state index in [2.05, 4.69) is 0 Å². The van der Waals surface area contributed by atoms with E-state index in [1.54, 1.807) is 4.90 Å². The van der Waals surface area contributed by atoms with E-state index in [0.717, 1.165) is 19.4 Å². The Bertz CT molecular complexity index is 206. The number of likely N-dealkylation sites (tertiary alicyclic amines) is 1. The molecule has 1 aliphatic rings. The van der Waals surface area contributed by atoms with Crippen LogP contribution in [0.4, 0.5) is 0 Å². The van der Waals surface area contributed by atoms with Gasteiger partial charge in [0.1, 0.15) is 0 Å². The van der Waals surface area contributed by atoms with E-state index < -0.39 is 0 Å². The first-order valence-electron chi connectivity index (χ1n) is 5.24. The number of piperidine rings is 1. The Balaban J connectivity index is 2.69. The number of carbonyl (C=O) groups is 1. The quantitative estimate of drug-likeness (QED) is 0.671. The summed E-state index contributed by atoms with van der Waals surface area (Å²) in [6.07, 6.45) is 1.71. The highest BCUT2D eigenvalue weighted by molar-refractivity contribution is 5.82. The largest absolute Gasteiger partial charge is 0.394 e. The van der Waals surface area contributed by atoms with Crippen molar-refractivity contribution < 1.29 is 9.90 Å². The Morgan fingerprint density at radius 3 is 2.79 bits per heavy atom. The molecule has 0 bridgehead atoms. The minimum atomic E-state index is -0.364. The van der Waals surface area contributed by atoms with Crippen LogP contribution in [0, 0.1) is 5.92 Å². The van der Waals surface area contributed by atoms with Crippen LogP contribution in [0.5, 0.6) is 0 Å². The lowest BCUT2D eigenvalue weighted by Crippen LogP contribution is -2.55. The van der Waals surface area contributed by atoms with Gasteiger partial charge in [-0.3, -0.25) is 4.79 Å². The first-order chi connectivity index (χ1) is 6.57. The van der Waals surface area contributed by atoms with Crippen LogP contribution in [0.1, 0.15) is 26.7 Å². The van der Waals surface area contributed by atoms with E-state index in [9.17, 15) is 9.90 Å². The van der Waals surface area contributed by atoms with Crippen LogP contribution in [0.3, 0.4) is 0 Å². The average molecular weight is 200 g/mol. The second-order valence-corrected chi connectivity index (χ2v) is 4.27. The average Bonchev–Trinajstić information content (AvgIpc) is 2.13. The molecule has 3 N–H and O–H groups in total. The molecule has 0 aromatic rings. The molecule has 1 rings (SSSR count). The molecule has 1 fully saturated rings. The van der Waals surface area contributed by atoms with Crippen molar-refractivity contribution in [2.45, 2.75) is 38.8 Å². The van der Waals surface area contributed by atoms with Crippen molar-refractivity contribution in [2.75, 3.05) is 13.2 Å². The molecule has 0 radical (unpaired) electrons. The van der Waals surface area contributed by atoms with E-state index in [-0.39, 0.29) is 30.5 Å². The molecular weight excluding hydrogens is 180 g/mol. The standard InChI is InChI=1S/C10H20N2O2/c1-7(2)9(6-13)12-5-3-4-8(11)10(12)14/h7-9,13H,3-6,11H2,1-2H3. The normalized spacial score (nSPS) is 25.6. The van der Waals surface area contributed by atoms with Crippen molar-refractivity contribution in [3.63, 3.8) is 0 Å². The number of nitrogens with two attached hydrogens (primary N) is 1. The number of aliphatic hydroxyl groups is 1. The van der Waals surface area contributed by atoms with Crippen LogP contribution in [-0.4, -0.2) is 41.1 Å². The summed E-state index contributed by atoms with van der Waals surface area (Å²) >= 11 is 0. The van der Waals surface area contributed by atoms with E-state index in [1.807, 2.05) is 13.8 Å². The van der Waals surface area contributed by atoms with Crippen molar-refractivity contribution in [3.8, 4) is 0 Å². The van der Waals surface area contributed by atoms with Crippen LogP contribution >= 0.6 is 0 Å². The number of carbonyl (C=O) groups excluding carboxylic acids is 1. The van der Waals surface area contributed by atoms with Gasteiger partial charge in [0, 0.05) is 6.54 Å². The smallest absolute Gasteiger partial charge is 0.239 e. The van der Waals surface area contributed by atoms with Crippen LogP contribution in [0.15, 0.2) is 0 Å². The van der Waals surface area contributed by atoms with Gasteiger partial charge in [-0.05, 0) is 18.8 Å². The minimum absolute atomic E-state index is 0.0102. The molecule has 1 aliphatic heterocycles. The monoisotopic (exact) mass is 200 g/mol. The molecule has 0 saturated carbocycles. The summed E-state index contributed by atoms with van der Waals surface area (Å²) in [5.41, 5.74) is 5.69. The maximum absolute atomic E-state index is 11.7. The number of rotatable bonds is 3. The summed E-state index contributed by atoms with van der Waals surface area (Å²) in [6.45, 7) is 4.77. The second kappa shape index (κ2) is 4.75. The lowest BCUT2D eigenvalue weighted by Gasteiger charge is -2.38. The highest BCUT2D eigenvalue weighted by Crippen LogP contribution is 2.17. The molecule has 0 aromatic heterocycles. The maximum atomic E-state index is 11.7. The van der Waals surface area contributed by atoms with Crippen molar-refractivity contribution >= 4 is 5.91 Å². The predicted molar refractivity (Wildman–Crippen MR) is 54.6 cm³/mol. The molecule has 0 spiro atoms. The number of hydrogen-bond donors (Lipinski definition) is 2. The zero-order valence-corrected chi connectivity index (χ0v) is 8.94. The van der Waals surface area contributed by atoms with Gasteiger partial charge in [-0.2, -0.15) is 0 Å². The fourth-order valence-electron chi connectivity index (χ4n) is 1.93. The van der Waals surface area contributed by atoms with Crippen molar-refractivity contribution in [1.29, 1.82) is 0 Å². The van der Waals surface area contributed by atoms with Gasteiger partial charge in [0.15, 0.2) is 0 Å². The molecule has 2 atom stereocenters. The van der Waals surface area contributed by atoms with Crippen LogP contribution in [0.25, 0.3) is 0 Å². The molecule has 4 nitrogen and oxygen atoms in total. The number of aliphatic hydroxyl groups excluding tert-OH is 1.